The maximum Gasteiger partial charge on any atom is 0.262 e. The van der Waals surface area contributed by atoms with E-state index in [1.54, 1.807) is 30.6 Å². The van der Waals surface area contributed by atoms with Crippen LogP contribution in [0.25, 0.3) is 0 Å². The highest BCUT2D eigenvalue weighted by Gasteiger charge is 2.38. The number of imide groups is 1. The predicted octanol–water partition coefficient (Wildman–Crippen LogP) is 0.781. The van der Waals surface area contributed by atoms with Crippen LogP contribution in [0.3, 0.4) is 0 Å². The van der Waals surface area contributed by atoms with Crippen molar-refractivity contribution in [3.63, 3.8) is 0 Å². The van der Waals surface area contributed by atoms with Crippen LogP contribution in [0, 0.1) is 0 Å². The lowest BCUT2D eigenvalue weighted by Crippen LogP contribution is -2.38. The molecule has 0 spiro atoms. The summed E-state index contributed by atoms with van der Waals surface area (Å²) in [6, 6.07) is 5.68. The summed E-state index contributed by atoms with van der Waals surface area (Å²) >= 11 is 0. The van der Waals surface area contributed by atoms with Crippen LogP contribution >= 0.6 is 0 Å². The van der Waals surface area contributed by atoms with Gasteiger partial charge in [-0.3, -0.25) is 19.3 Å². The van der Waals surface area contributed by atoms with Crippen LogP contribution in [0.5, 0.6) is 0 Å². The number of carbonyl (C=O) groups excluding carboxylic acids is 3. The largest absolute Gasteiger partial charge is 0.288 e. The standard InChI is InChI=1S/C11H8NO3/c1-7(6-13)12-10(14)8-4-2-3-5-9(8)11(12)15/h2-5,7H,1H3. The van der Waals surface area contributed by atoms with Gasteiger partial charge in [-0.1, -0.05) is 12.1 Å². The molecule has 1 aliphatic heterocycles. The molecule has 15 heavy (non-hydrogen) atoms. The number of nitrogens with zero attached hydrogens (tertiary/aromatic N) is 1. The Bertz CT molecular complexity index is 418. The molecule has 0 bridgehead atoms. The van der Waals surface area contributed by atoms with Crippen molar-refractivity contribution in [3.8, 4) is 0 Å². The first-order valence-electron chi connectivity index (χ1n) is 4.51. The van der Waals surface area contributed by atoms with Gasteiger partial charge in [0, 0.05) is 0 Å². The van der Waals surface area contributed by atoms with E-state index in [-0.39, 0.29) is 0 Å². The number of carbonyl (C=O) groups is 2. The SMILES string of the molecule is CC([C]=O)N1C(=O)c2ccccc2C1=O. The Kier molecular flexibility index (Phi) is 2.11. The zero-order valence-electron chi connectivity index (χ0n) is 8.06. The quantitative estimate of drug-likeness (QED) is 0.666. The third-order valence-electron chi connectivity index (χ3n) is 2.38. The van der Waals surface area contributed by atoms with Crippen LogP contribution < -0.4 is 0 Å². The Morgan fingerprint density at radius 3 is 2.00 bits per heavy atom. The summed E-state index contributed by atoms with van der Waals surface area (Å²) in [7, 11) is 0. The van der Waals surface area contributed by atoms with Gasteiger partial charge < -0.3 is 0 Å². The molecule has 4 nitrogen and oxygen atoms in total. The summed E-state index contributed by atoms with van der Waals surface area (Å²) in [5.41, 5.74) is 0.703. The number of fused-ring (bicyclic) bond motifs is 1. The van der Waals surface area contributed by atoms with Crippen molar-refractivity contribution in [2.24, 2.45) is 0 Å². The van der Waals surface area contributed by atoms with Gasteiger partial charge in [0.15, 0.2) is 0 Å². The first kappa shape index (κ1) is 9.58. The van der Waals surface area contributed by atoms with Gasteiger partial charge in [0.05, 0.1) is 11.1 Å². The van der Waals surface area contributed by atoms with Crippen molar-refractivity contribution < 1.29 is 14.4 Å². The molecule has 0 aliphatic carbocycles. The van der Waals surface area contributed by atoms with Gasteiger partial charge in [0.2, 0.25) is 6.29 Å². The summed E-state index contributed by atoms with van der Waals surface area (Å²) < 4.78 is 0. The Morgan fingerprint density at radius 2 is 1.60 bits per heavy atom. The second-order valence-corrected chi connectivity index (χ2v) is 3.32. The smallest absolute Gasteiger partial charge is 0.262 e. The molecule has 1 aromatic carbocycles. The van der Waals surface area contributed by atoms with E-state index in [1.807, 2.05) is 0 Å². The van der Waals surface area contributed by atoms with Crippen LogP contribution in [0.4, 0.5) is 0 Å². The highest BCUT2D eigenvalue weighted by molar-refractivity contribution is 6.22. The summed E-state index contributed by atoms with van der Waals surface area (Å²) in [6.45, 7) is 1.47. The van der Waals surface area contributed by atoms with Crippen molar-refractivity contribution >= 4 is 18.1 Å². The molecule has 1 atom stereocenters. The van der Waals surface area contributed by atoms with E-state index in [0.717, 1.165) is 4.90 Å². The second kappa shape index (κ2) is 3.31. The lowest BCUT2D eigenvalue weighted by atomic mass is 10.1. The third kappa shape index (κ3) is 1.26. The molecule has 1 unspecified atom stereocenters. The monoisotopic (exact) mass is 202 g/mol. The summed E-state index contributed by atoms with van der Waals surface area (Å²) in [4.78, 5) is 34.9. The number of hydrogen-bond donors (Lipinski definition) is 0. The number of rotatable bonds is 2. The van der Waals surface area contributed by atoms with Gasteiger partial charge in [-0.2, -0.15) is 0 Å². The minimum absolute atomic E-state index is 0.351. The lowest BCUT2D eigenvalue weighted by Gasteiger charge is -2.15. The molecule has 1 radical (unpaired) electrons. The molecule has 0 N–H and O–H groups in total. The van der Waals surface area contributed by atoms with Crippen molar-refractivity contribution in [2.75, 3.05) is 0 Å². The zero-order chi connectivity index (χ0) is 11.0. The molecule has 2 rings (SSSR count). The van der Waals surface area contributed by atoms with Crippen LogP contribution in [-0.4, -0.2) is 29.0 Å². The fraction of sp³-hybridized carbons (Fsp3) is 0.182. The molecule has 1 aliphatic rings. The lowest BCUT2D eigenvalue weighted by molar-refractivity contribution is 0.0633. The van der Waals surface area contributed by atoms with E-state index in [9.17, 15) is 14.4 Å². The van der Waals surface area contributed by atoms with Gasteiger partial charge >= 0.3 is 0 Å². The molecule has 75 valence electrons. The number of amides is 2. The second-order valence-electron chi connectivity index (χ2n) is 3.32. The first-order chi connectivity index (χ1) is 7.16. The molecule has 1 aromatic rings. The molecule has 0 aromatic heterocycles. The number of benzene rings is 1. The van der Waals surface area contributed by atoms with E-state index in [0.29, 0.717) is 11.1 Å². The van der Waals surface area contributed by atoms with Crippen LogP contribution in [-0.2, 0) is 4.79 Å². The van der Waals surface area contributed by atoms with Gasteiger partial charge in [-0.05, 0) is 19.1 Å². The van der Waals surface area contributed by atoms with Crippen molar-refractivity contribution in [3.05, 3.63) is 35.4 Å². The summed E-state index contributed by atoms with van der Waals surface area (Å²) in [6.07, 6.45) is 1.64. The van der Waals surface area contributed by atoms with Crippen LogP contribution in [0.2, 0.25) is 0 Å². The average Bonchev–Trinajstić information content (AvgIpc) is 2.52. The molecule has 2 amide bonds. The fourth-order valence-corrected chi connectivity index (χ4v) is 1.61. The average molecular weight is 202 g/mol. The Hall–Kier alpha value is -1.97. The van der Waals surface area contributed by atoms with Crippen LogP contribution in [0.1, 0.15) is 27.6 Å². The molecule has 1 heterocycles. The highest BCUT2D eigenvalue weighted by Crippen LogP contribution is 2.23. The molecule has 4 heteroatoms. The highest BCUT2D eigenvalue weighted by atomic mass is 16.2. The zero-order valence-corrected chi connectivity index (χ0v) is 8.06. The maximum absolute atomic E-state index is 11.7. The fourth-order valence-electron chi connectivity index (χ4n) is 1.61. The number of hydrogen-bond acceptors (Lipinski definition) is 3. The predicted molar refractivity (Wildman–Crippen MR) is 52.1 cm³/mol. The van der Waals surface area contributed by atoms with Gasteiger partial charge in [0.1, 0.15) is 6.04 Å². The normalized spacial score (nSPS) is 16.5. The van der Waals surface area contributed by atoms with Gasteiger partial charge in [-0.15, -0.1) is 0 Å². The van der Waals surface area contributed by atoms with E-state index < -0.39 is 17.9 Å². The van der Waals surface area contributed by atoms with Crippen molar-refractivity contribution in [2.45, 2.75) is 13.0 Å². The first-order valence-corrected chi connectivity index (χ1v) is 4.51. The Labute approximate surface area is 86.5 Å². The van der Waals surface area contributed by atoms with E-state index in [2.05, 4.69) is 0 Å². The van der Waals surface area contributed by atoms with Gasteiger partial charge in [0.25, 0.3) is 11.8 Å². The molecule has 0 fully saturated rings. The van der Waals surface area contributed by atoms with Crippen molar-refractivity contribution in [1.29, 1.82) is 0 Å². The van der Waals surface area contributed by atoms with E-state index in [4.69, 9.17) is 0 Å². The minimum atomic E-state index is -0.836. The third-order valence-corrected chi connectivity index (χ3v) is 2.38. The van der Waals surface area contributed by atoms with Gasteiger partial charge in [-0.25, -0.2) is 0 Å². The Balaban J connectivity index is 2.50. The van der Waals surface area contributed by atoms with E-state index in [1.165, 1.54) is 6.92 Å². The summed E-state index contributed by atoms with van der Waals surface area (Å²) in [5.74, 6) is -0.849. The molecular formula is C11H8NO3. The van der Waals surface area contributed by atoms with E-state index >= 15 is 0 Å². The minimum Gasteiger partial charge on any atom is -0.288 e. The Morgan fingerprint density at radius 1 is 1.13 bits per heavy atom. The summed E-state index contributed by atoms with van der Waals surface area (Å²) in [5, 5.41) is 0. The maximum atomic E-state index is 11.7. The van der Waals surface area contributed by atoms with Crippen LogP contribution in [0.15, 0.2) is 24.3 Å². The molecule has 0 saturated carbocycles. The molecule has 0 saturated heterocycles. The topological polar surface area (TPSA) is 54.5 Å². The van der Waals surface area contributed by atoms with Crippen molar-refractivity contribution in [1.82, 2.24) is 4.90 Å². The molecular weight excluding hydrogens is 194 g/mol.